The summed E-state index contributed by atoms with van der Waals surface area (Å²) in [4.78, 5) is 22.6. The SMILES string of the molecule is Cn1c(-c2cccc(F)c2)nc2cc(N3CCN4CCC3CC4)ccc2c1=O. The van der Waals surface area contributed by atoms with E-state index in [9.17, 15) is 9.18 Å². The molecular formula is C22H23FN4O. The topological polar surface area (TPSA) is 41.4 Å². The minimum atomic E-state index is -0.337. The fraction of sp³-hybridized carbons (Fsp3) is 0.364. The molecule has 3 aliphatic heterocycles. The van der Waals surface area contributed by atoms with Crippen LogP contribution in [0.5, 0.6) is 0 Å². The number of piperidine rings is 1. The standard InChI is InChI=1S/C22H23FN4O/c1-25-21(15-3-2-4-16(23)13-15)24-20-14-18(5-6-19(20)22(25)28)27-12-11-26-9-7-17(27)8-10-26/h2-6,13-14,17H,7-12H2,1H3. The van der Waals surface area contributed by atoms with E-state index in [1.54, 1.807) is 19.2 Å². The van der Waals surface area contributed by atoms with Gasteiger partial charge in [0.15, 0.2) is 0 Å². The second-order valence-corrected chi connectivity index (χ2v) is 7.78. The predicted molar refractivity (Wildman–Crippen MR) is 109 cm³/mol. The van der Waals surface area contributed by atoms with Crippen molar-refractivity contribution in [3.8, 4) is 11.4 Å². The molecule has 3 fully saturated rings. The van der Waals surface area contributed by atoms with Gasteiger partial charge in [-0.15, -0.1) is 0 Å². The first-order chi connectivity index (χ1) is 13.6. The van der Waals surface area contributed by atoms with Crippen molar-refractivity contribution in [2.24, 2.45) is 7.05 Å². The molecule has 2 bridgehead atoms. The van der Waals surface area contributed by atoms with E-state index < -0.39 is 0 Å². The number of fused-ring (bicyclic) bond motifs is 5. The van der Waals surface area contributed by atoms with E-state index in [1.807, 2.05) is 18.2 Å². The number of anilines is 1. The molecule has 4 heterocycles. The summed E-state index contributed by atoms with van der Waals surface area (Å²) in [7, 11) is 1.69. The lowest BCUT2D eigenvalue weighted by molar-refractivity contribution is 0.250. The van der Waals surface area contributed by atoms with E-state index in [-0.39, 0.29) is 11.4 Å². The Labute approximate surface area is 163 Å². The highest BCUT2D eigenvalue weighted by Crippen LogP contribution is 2.29. The third kappa shape index (κ3) is 2.88. The molecule has 3 aromatic rings. The molecule has 0 unspecified atom stereocenters. The monoisotopic (exact) mass is 378 g/mol. The number of aromatic nitrogens is 2. The van der Waals surface area contributed by atoms with Crippen molar-refractivity contribution in [1.82, 2.24) is 14.5 Å². The number of halogens is 1. The van der Waals surface area contributed by atoms with Gasteiger partial charge in [0.05, 0.1) is 10.9 Å². The van der Waals surface area contributed by atoms with Gasteiger partial charge in [-0.3, -0.25) is 9.36 Å². The summed E-state index contributed by atoms with van der Waals surface area (Å²) in [6, 6.07) is 12.7. The zero-order valence-electron chi connectivity index (χ0n) is 15.9. The van der Waals surface area contributed by atoms with Crippen LogP contribution in [-0.4, -0.2) is 46.7 Å². The van der Waals surface area contributed by atoms with Crippen LogP contribution in [0.3, 0.4) is 0 Å². The summed E-state index contributed by atoms with van der Waals surface area (Å²) in [5.41, 5.74) is 2.28. The summed E-state index contributed by atoms with van der Waals surface area (Å²) in [6.45, 7) is 4.40. The van der Waals surface area contributed by atoms with Gasteiger partial charge < -0.3 is 9.80 Å². The third-order valence-electron chi connectivity index (χ3n) is 6.13. The summed E-state index contributed by atoms with van der Waals surface area (Å²) in [5, 5.41) is 0.592. The Hall–Kier alpha value is -2.73. The van der Waals surface area contributed by atoms with Crippen LogP contribution in [0.1, 0.15) is 12.8 Å². The van der Waals surface area contributed by atoms with Crippen molar-refractivity contribution in [1.29, 1.82) is 0 Å². The lowest BCUT2D eigenvalue weighted by Crippen LogP contribution is -2.37. The van der Waals surface area contributed by atoms with Crippen LogP contribution in [0.4, 0.5) is 10.1 Å². The van der Waals surface area contributed by atoms with Crippen LogP contribution in [0.25, 0.3) is 22.3 Å². The molecular weight excluding hydrogens is 355 g/mol. The number of hydrogen-bond acceptors (Lipinski definition) is 4. The quantitative estimate of drug-likeness (QED) is 0.687. The summed E-state index contributed by atoms with van der Waals surface area (Å²) >= 11 is 0. The van der Waals surface area contributed by atoms with Gasteiger partial charge in [-0.25, -0.2) is 9.37 Å². The Kier molecular flexibility index (Phi) is 4.16. The van der Waals surface area contributed by atoms with Crippen LogP contribution in [0.15, 0.2) is 47.3 Å². The Balaban J connectivity index is 1.63. The van der Waals surface area contributed by atoms with Gasteiger partial charge in [-0.2, -0.15) is 0 Å². The first kappa shape index (κ1) is 17.4. The van der Waals surface area contributed by atoms with E-state index in [4.69, 9.17) is 4.98 Å². The van der Waals surface area contributed by atoms with Crippen molar-refractivity contribution in [3.63, 3.8) is 0 Å². The normalized spacial score (nSPS) is 21.9. The van der Waals surface area contributed by atoms with Crippen molar-refractivity contribution < 1.29 is 4.39 Å². The second kappa shape index (κ2) is 6.71. The van der Waals surface area contributed by atoms with E-state index >= 15 is 0 Å². The van der Waals surface area contributed by atoms with Crippen LogP contribution >= 0.6 is 0 Å². The predicted octanol–water partition coefficient (Wildman–Crippen LogP) is 3.02. The highest BCUT2D eigenvalue weighted by molar-refractivity contribution is 5.83. The van der Waals surface area contributed by atoms with Gasteiger partial charge in [-0.1, -0.05) is 12.1 Å². The second-order valence-electron chi connectivity index (χ2n) is 7.78. The minimum Gasteiger partial charge on any atom is -0.367 e. The van der Waals surface area contributed by atoms with Crippen molar-refractivity contribution in [2.45, 2.75) is 18.9 Å². The van der Waals surface area contributed by atoms with E-state index in [0.717, 1.165) is 31.9 Å². The number of rotatable bonds is 2. The highest BCUT2D eigenvalue weighted by atomic mass is 19.1. The van der Waals surface area contributed by atoms with Gasteiger partial charge in [-0.05, 0) is 43.2 Å². The Morgan fingerprint density at radius 2 is 1.86 bits per heavy atom. The molecule has 1 aromatic heterocycles. The van der Waals surface area contributed by atoms with Crippen LogP contribution in [0, 0.1) is 5.82 Å². The summed E-state index contributed by atoms with van der Waals surface area (Å²) in [6.07, 6.45) is 2.35. The van der Waals surface area contributed by atoms with Gasteiger partial charge in [0, 0.05) is 50.5 Å². The number of nitrogens with zero attached hydrogens (tertiary/aromatic N) is 4. The summed E-state index contributed by atoms with van der Waals surface area (Å²) < 4.78 is 15.2. The van der Waals surface area contributed by atoms with Crippen molar-refractivity contribution >= 4 is 16.6 Å². The molecule has 0 radical (unpaired) electrons. The first-order valence-corrected chi connectivity index (χ1v) is 9.86. The average molecular weight is 378 g/mol. The molecule has 144 valence electrons. The molecule has 6 rings (SSSR count). The minimum absolute atomic E-state index is 0.112. The maximum atomic E-state index is 13.7. The fourth-order valence-corrected chi connectivity index (χ4v) is 4.55. The van der Waals surface area contributed by atoms with E-state index in [2.05, 4.69) is 9.80 Å². The van der Waals surface area contributed by atoms with Crippen LogP contribution in [-0.2, 0) is 7.05 Å². The molecule has 2 aromatic carbocycles. The van der Waals surface area contributed by atoms with Gasteiger partial charge in [0.1, 0.15) is 11.6 Å². The lowest BCUT2D eigenvalue weighted by atomic mass is 10.0. The third-order valence-corrected chi connectivity index (χ3v) is 6.13. The average Bonchev–Trinajstić information content (AvgIpc) is 3.04. The Morgan fingerprint density at radius 1 is 1.04 bits per heavy atom. The fourth-order valence-electron chi connectivity index (χ4n) is 4.55. The molecule has 0 saturated carbocycles. The molecule has 0 N–H and O–H groups in total. The Bertz CT molecular complexity index is 1100. The lowest BCUT2D eigenvalue weighted by Gasteiger charge is -2.33. The van der Waals surface area contributed by atoms with Gasteiger partial charge >= 0.3 is 0 Å². The Morgan fingerprint density at radius 3 is 2.64 bits per heavy atom. The van der Waals surface area contributed by atoms with Crippen LogP contribution < -0.4 is 10.5 Å². The zero-order valence-corrected chi connectivity index (χ0v) is 15.9. The first-order valence-electron chi connectivity index (χ1n) is 9.86. The molecule has 5 nitrogen and oxygen atoms in total. The maximum absolute atomic E-state index is 13.7. The van der Waals surface area contributed by atoms with E-state index in [1.165, 1.54) is 29.5 Å². The molecule has 3 aliphatic rings. The largest absolute Gasteiger partial charge is 0.367 e. The summed E-state index contributed by atoms with van der Waals surface area (Å²) in [5.74, 6) is 0.146. The smallest absolute Gasteiger partial charge is 0.261 e. The number of benzene rings is 2. The van der Waals surface area contributed by atoms with Gasteiger partial charge in [0.25, 0.3) is 5.56 Å². The highest BCUT2D eigenvalue weighted by Gasteiger charge is 2.29. The molecule has 0 aliphatic carbocycles. The van der Waals surface area contributed by atoms with Crippen LogP contribution in [0.2, 0.25) is 0 Å². The molecule has 0 spiro atoms. The molecule has 0 amide bonds. The molecule has 6 heteroatoms. The molecule has 28 heavy (non-hydrogen) atoms. The van der Waals surface area contributed by atoms with Crippen molar-refractivity contribution in [3.05, 3.63) is 58.6 Å². The maximum Gasteiger partial charge on any atom is 0.261 e. The van der Waals surface area contributed by atoms with E-state index in [0.29, 0.717) is 28.3 Å². The number of hydrogen-bond donors (Lipinski definition) is 0. The van der Waals surface area contributed by atoms with Crippen molar-refractivity contribution in [2.75, 3.05) is 31.1 Å². The molecule has 3 saturated heterocycles. The molecule has 0 atom stereocenters. The zero-order chi connectivity index (χ0) is 19.3. The van der Waals surface area contributed by atoms with Gasteiger partial charge in [0.2, 0.25) is 0 Å².